The van der Waals surface area contributed by atoms with Gasteiger partial charge < -0.3 is 10.4 Å². The molecule has 0 atom stereocenters. The minimum absolute atomic E-state index is 0.0418. The number of thiazole rings is 1. The van der Waals surface area contributed by atoms with Crippen LogP contribution in [0.4, 0.5) is 0 Å². The van der Waals surface area contributed by atoms with Crippen LogP contribution in [0, 0.1) is 0 Å². The van der Waals surface area contributed by atoms with Crippen LogP contribution in [0.3, 0.4) is 0 Å². The van der Waals surface area contributed by atoms with E-state index in [1.54, 1.807) is 17.5 Å². The molecule has 0 radical (unpaired) electrons. The van der Waals surface area contributed by atoms with Crippen LogP contribution in [-0.2, 0) is 16.0 Å². The second-order valence-corrected chi connectivity index (χ2v) is 4.88. The first-order chi connectivity index (χ1) is 7.68. The summed E-state index contributed by atoms with van der Waals surface area (Å²) in [6.45, 7) is 0.542. The highest BCUT2D eigenvalue weighted by molar-refractivity contribution is 8.00. The van der Waals surface area contributed by atoms with Crippen molar-refractivity contribution in [2.24, 2.45) is 0 Å². The predicted octanol–water partition coefficient (Wildman–Crippen LogP) is 0.620. The number of nitrogens with zero attached hydrogens (tertiary/aromatic N) is 1. The minimum atomic E-state index is -0.902. The molecule has 0 spiro atoms. The summed E-state index contributed by atoms with van der Waals surface area (Å²) in [4.78, 5) is 25.5. The minimum Gasteiger partial charge on any atom is -0.481 e. The molecule has 16 heavy (non-hydrogen) atoms. The number of aliphatic carboxylic acids is 1. The average molecular weight is 260 g/mol. The molecule has 0 saturated carbocycles. The van der Waals surface area contributed by atoms with E-state index in [-0.39, 0.29) is 17.4 Å². The first-order valence-corrected chi connectivity index (χ1v) is 6.66. The van der Waals surface area contributed by atoms with Crippen molar-refractivity contribution in [1.29, 1.82) is 0 Å². The molecular weight excluding hydrogens is 248 g/mol. The summed E-state index contributed by atoms with van der Waals surface area (Å²) in [5.74, 6) is -0.896. The largest absolute Gasteiger partial charge is 0.481 e. The molecule has 0 fully saturated rings. The summed E-state index contributed by atoms with van der Waals surface area (Å²) in [7, 11) is 0. The van der Waals surface area contributed by atoms with Gasteiger partial charge in [-0.2, -0.15) is 0 Å². The van der Waals surface area contributed by atoms with Crippen LogP contribution < -0.4 is 5.32 Å². The number of amides is 1. The van der Waals surface area contributed by atoms with Gasteiger partial charge in [-0.3, -0.25) is 9.59 Å². The Morgan fingerprint density at radius 3 is 2.94 bits per heavy atom. The predicted molar refractivity (Wildman–Crippen MR) is 63.8 cm³/mol. The number of hydrogen-bond acceptors (Lipinski definition) is 5. The van der Waals surface area contributed by atoms with E-state index >= 15 is 0 Å². The van der Waals surface area contributed by atoms with E-state index in [1.165, 1.54) is 0 Å². The standard InChI is InChI=1S/C9H12N2O3S2/c12-7(5-15-6-9(13)14)10-2-1-8-11-3-4-16-8/h3-4H,1-2,5-6H2,(H,10,12)(H,13,14). The fourth-order valence-electron chi connectivity index (χ4n) is 0.967. The maximum absolute atomic E-state index is 11.2. The fraction of sp³-hybridized carbons (Fsp3) is 0.444. The molecule has 5 nitrogen and oxygen atoms in total. The van der Waals surface area contributed by atoms with Gasteiger partial charge in [0.15, 0.2) is 0 Å². The lowest BCUT2D eigenvalue weighted by molar-refractivity contribution is -0.133. The number of carbonyl (C=O) groups is 2. The molecule has 0 aliphatic carbocycles. The summed E-state index contributed by atoms with van der Waals surface area (Å²) in [6, 6.07) is 0. The van der Waals surface area contributed by atoms with Crippen LogP contribution in [0.2, 0.25) is 0 Å². The van der Waals surface area contributed by atoms with Crippen molar-refractivity contribution in [1.82, 2.24) is 10.3 Å². The summed E-state index contributed by atoms with van der Waals surface area (Å²) in [6.07, 6.45) is 2.44. The van der Waals surface area contributed by atoms with E-state index in [1.807, 2.05) is 5.38 Å². The zero-order valence-electron chi connectivity index (χ0n) is 8.51. The monoisotopic (exact) mass is 260 g/mol. The van der Waals surface area contributed by atoms with Crippen molar-refractivity contribution in [3.63, 3.8) is 0 Å². The fourth-order valence-corrected chi connectivity index (χ4v) is 2.15. The smallest absolute Gasteiger partial charge is 0.313 e. The number of carboxylic acid groups (broad SMARTS) is 1. The molecule has 2 N–H and O–H groups in total. The van der Waals surface area contributed by atoms with Crippen LogP contribution in [0.5, 0.6) is 0 Å². The molecule has 1 heterocycles. The quantitative estimate of drug-likeness (QED) is 0.751. The van der Waals surface area contributed by atoms with Crippen molar-refractivity contribution in [2.75, 3.05) is 18.1 Å². The lowest BCUT2D eigenvalue weighted by Gasteiger charge is -2.02. The zero-order chi connectivity index (χ0) is 11.8. The Labute approximate surface area is 101 Å². The van der Waals surface area contributed by atoms with Crippen LogP contribution in [-0.4, -0.2) is 40.0 Å². The Balaban J connectivity index is 2.04. The average Bonchev–Trinajstić information content (AvgIpc) is 2.70. The van der Waals surface area contributed by atoms with E-state index < -0.39 is 5.97 Å². The molecule has 7 heteroatoms. The molecular formula is C9H12N2O3S2. The highest BCUT2D eigenvalue weighted by Gasteiger charge is 2.04. The normalized spacial score (nSPS) is 10.0. The summed E-state index contributed by atoms with van der Waals surface area (Å²) < 4.78 is 0. The van der Waals surface area contributed by atoms with Gasteiger partial charge >= 0.3 is 5.97 Å². The molecule has 1 aromatic heterocycles. The van der Waals surface area contributed by atoms with Gasteiger partial charge in [0.05, 0.1) is 16.5 Å². The van der Waals surface area contributed by atoms with Gasteiger partial charge in [-0.1, -0.05) is 0 Å². The molecule has 88 valence electrons. The molecule has 0 aromatic carbocycles. The van der Waals surface area contributed by atoms with Gasteiger partial charge in [0.1, 0.15) is 0 Å². The number of carbonyl (C=O) groups excluding carboxylic acids is 1. The van der Waals surface area contributed by atoms with E-state index in [4.69, 9.17) is 5.11 Å². The van der Waals surface area contributed by atoms with E-state index in [0.29, 0.717) is 13.0 Å². The highest BCUT2D eigenvalue weighted by atomic mass is 32.2. The van der Waals surface area contributed by atoms with Crippen molar-refractivity contribution in [3.8, 4) is 0 Å². The molecule has 0 aliphatic rings. The Morgan fingerprint density at radius 2 is 2.31 bits per heavy atom. The maximum Gasteiger partial charge on any atom is 0.313 e. The summed E-state index contributed by atoms with van der Waals surface area (Å²) >= 11 is 2.64. The van der Waals surface area contributed by atoms with Gasteiger partial charge in [-0.25, -0.2) is 4.98 Å². The van der Waals surface area contributed by atoms with Crippen LogP contribution in [0.25, 0.3) is 0 Å². The number of rotatable bonds is 7. The van der Waals surface area contributed by atoms with Crippen LogP contribution in [0.1, 0.15) is 5.01 Å². The van der Waals surface area contributed by atoms with Gasteiger partial charge in [-0.15, -0.1) is 23.1 Å². The molecule has 0 saturated heterocycles. The van der Waals surface area contributed by atoms with E-state index in [0.717, 1.165) is 16.8 Å². The molecule has 1 amide bonds. The third-order valence-corrected chi connectivity index (χ3v) is 3.36. The Bertz CT molecular complexity index is 341. The number of thioether (sulfide) groups is 1. The van der Waals surface area contributed by atoms with Gasteiger partial charge in [0.2, 0.25) is 5.91 Å². The third-order valence-electron chi connectivity index (χ3n) is 1.60. The molecule has 0 aliphatic heterocycles. The summed E-state index contributed by atoms with van der Waals surface area (Å²) in [5.41, 5.74) is 0. The second-order valence-electron chi connectivity index (χ2n) is 2.91. The molecule has 1 rings (SSSR count). The number of hydrogen-bond donors (Lipinski definition) is 2. The lowest BCUT2D eigenvalue weighted by Crippen LogP contribution is -2.27. The molecule has 0 unspecified atom stereocenters. The second kappa shape index (κ2) is 7.24. The van der Waals surface area contributed by atoms with Gasteiger partial charge in [0, 0.05) is 24.5 Å². The Hall–Kier alpha value is -1.08. The van der Waals surface area contributed by atoms with E-state index in [2.05, 4.69) is 10.3 Å². The first kappa shape index (κ1) is 13.0. The topological polar surface area (TPSA) is 79.3 Å². The van der Waals surface area contributed by atoms with Gasteiger partial charge in [-0.05, 0) is 0 Å². The van der Waals surface area contributed by atoms with Crippen molar-refractivity contribution in [3.05, 3.63) is 16.6 Å². The number of nitrogens with one attached hydrogen (secondary N) is 1. The Kier molecular flexibility index (Phi) is 5.87. The highest BCUT2D eigenvalue weighted by Crippen LogP contribution is 2.03. The molecule has 0 bridgehead atoms. The number of carboxylic acids is 1. The van der Waals surface area contributed by atoms with E-state index in [9.17, 15) is 9.59 Å². The lowest BCUT2D eigenvalue weighted by atomic mass is 10.4. The Morgan fingerprint density at radius 1 is 1.50 bits per heavy atom. The number of aromatic nitrogens is 1. The van der Waals surface area contributed by atoms with Crippen LogP contribution in [0.15, 0.2) is 11.6 Å². The van der Waals surface area contributed by atoms with Crippen molar-refractivity contribution >= 4 is 35.0 Å². The maximum atomic E-state index is 11.2. The van der Waals surface area contributed by atoms with Crippen molar-refractivity contribution in [2.45, 2.75) is 6.42 Å². The third kappa shape index (κ3) is 5.72. The zero-order valence-corrected chi connectivity index (χ0v) is 10.1. The van der Waals surface area contributed by atoms with Crippen molar-refractivity contribution < 1.29 is 14.7 Å². The first-order valence-electron chi connectivity index (χ1n) is 4.63. The molecule has 1 aromatic rings. The summed E-state index contributed by atoms with van der Waals surface area (Å²) in [5, 5.41) is 14.0. The van der Waals surface area contributed by atoms with Gasteiger partial charge in [0.25, 0.3) is 0 Å². The SMILES string of the molecule is O=C(O)CSCC(=O)NCCc1nccs1. The van der Waals surface area contributed by atoms with Crippen LogP contribution >= 0.6 is 23.1 Å².